The van der Waals surface area contributed by atoms with Crippen molar-refractivity contribution in [3.63, 3.8) is 0 Å². The summed E-state index contributed by atoms with van der Waals surface area (Å²) < 4.78 is 29.9. The first-order chi connectivity index (χ1) is 11.4. The van der Waals surface area contributed by atoms with Crippen LogP contribution in [0, 0.1) is 6.92 Å². The number of benzene rings is 1. The molecule has 0 spiro atoms. The Kier molecular flexibility index (Phi) is 3.47. The maximum absolute atomic E-state index is 14.3. The molecule has 124 valence electrons. The van der Waals surface area contributed by atoms with Crippen LogP contribution < -0.4 is 5.56 Å². The van der Waals surface area contributed by atoms with Crippen molar-refractivity contribution in [2.75, 3.05) is 6.54 Å². The summed E-state index contributed by atoms with van der Waals surface area (Å²) in [5.41, 5.74) is 1.09. The SMILES string of the molecule is Cc1cc(=O)n2nc(CN3Cc4ccccc4C(F)(F)C3)sc2n1. The second kappa shape index (κ2) is 5.42. The van der Waals surface area contributed by atoms with Crippen LogP contribution in [0.2, 0.25) is 0 Å². The Balaban J connectivity index is 1.65. The van der Waals surface area contributed by atoms with Crippen LogP contribution in [-0.4, -0.2) is 26.0 Å². The molecule has 5 nitrogen and oxygen atoms in total. The molecular formula is C16H14F2N4OS. The largest absolute Gasteiger partial charge is 0.286 e. The standard InChI is InChI=1S/C16H14F2N4OS/c1-10-6-14(23)22-15(19-10)24-13(20-22)8-21-7-11-4-2-3-5-12(11)16(17,18)9-21/h2-6H,7-9H2,1H3. The molecule has 4 rings (SSSR count). The number of nitrogens with zero attached hydrogens (tertiary/aromatic N) is 4. The molecule has 1 aromatic carbocycles. The summed E-state index contributed by atoms with van der Waals surface area (Å²) >= 11 is 1.25. The molecule has 2 aromatic heterocycles. The second-order valence-electron chi connectivity index (χ2n) is 5.93. The summed E-state index contributed by atoms with van der Waals surface area (Å²) in [6.07, 6.45) is 0. The number of aryl methyl sites for hydroxylation is 1. The van der Waals surface area contributed by atoms with Crippen molar-refractivity contribution in [2.24, 2.45) is 0 Å². The van der Waals surface area contributed by atoms with Gasteiger partial charge in [-0.25, -0.2) is 4.98 Å². The van der Waals surface area contributed by atoms with E-state index in [1.807, 2.05) is 0 Å². The summed E-state index contributed by atoms with van der Waals surface area (Å²) in [5, 5.41) is 4.82. The number of fused-ring (bicyclic) bond motifs is 2. The average molecular weight is 348 g/mol. The lowest BCUT2D eigenvalue weighted by molar-refractivity contribution is -0.0545. The molecule has 0 aliphatic carbocycles. The van der Waals surface area contributed by atoms with Crippen LogP contribution in [0.1, 0.15) is 21.8 Å². The van der Waals surface area contributed by atoms with Crippen LogP contribution in [0.15, 0.2) is 35.1 Å². The summed E-state index contributed by atoms with van der Waals surface area (Å²) in [4.78, 5) is 18.3. The Labute approximate surface area is 140 Å². The number of halogens is 2. The van der Waals surface area contributed by atoms with Gasteiger partial charge in [-0.15, -0.1) is 0 Å². The second-order valence-corrected chi connectivity index (χ2v) is 6.97. The highest BCUT2D eigenvalue weighted by Crippen LogP contribution is 2.37. The third-order valence-corrected chi connectivity index (χ3v) is 4.89. The predicted molar refractivity (Wildman–Crippen MR) is 86.3 cm³/mol. The zero-order valence-corrected chi connectivity index (χ0v) is 13.7. The van der Waals surface area contributed by atoms with Crippen molar-refractivity contribution >= 4 is 16.3 Å². The lowest BCUT2D eigenvalue weighted by atomic mass is 9.97. The maximum atomic E-state index is 14.3. The molecule has 1 aliphatic rings. The topological polar surface area (TPSA) is 50.5 Å². The molecule has 0 bridgehead atoms. The number of aromatic nitrogens is 3. The number of rotatable bonds is 2. The van der Waals surface area contributed by atoms with Gasteiger partial charge in [-0.05, 0) is 12.5 Å². The van der Waals surface area contributed by atoms with Crippen molar-refractivity contribution in [3.8, 4) is 0 Å². The van der Waals surface area contributed by atoms with Crippen LogP contribution in [0.4, 0.5) is 8.78 Å². The van der Waals surface area contributed by atoms with Crippen LogP contribution >= 0.6 is 11.3 Å². The van der Waals surface area contributed by atoms with Crippen molar-refractivity contribution in [1.29, 1.82) is 0 Å². The van der Waals surface area contributed by atoms with Gasteiger partial charge in [-0.2, -0.15) is 18.4 Å². The number of hydrogen-bond donors (Lipinski definition) is 0. The van der Waals surface area contributed by atoms with Crippen LogP contribution in [0.5, 0.6) is 0 Å². The molecular weight excluding hydrogens is 334 g/mol. The van der Waals surface area contributed by atoms with Crippen molar-refractivity contribution < 1.29 is 8.78 Å². The van der Waals surface area contributed by atoms with Crippen LogP contribution in [-0.2, 0) is 19.0 Å². The summed E-state index contributed by atoms with van der Waals surface area (Å²) in [6.45, 7) is 2.07. The average Bonchev–Trinajstić information content (AvgIpc) is 2.89. The van der Waals surface area contributed by atoms with E-state index in [-0.39, 0.29) is 24.2 Å². The highest BCUT2D eigenvalue weighted by molar-refractivity contribution is 7.16. The number of hydrogen-bond acceptors (Lipinski definition) is 5. The van der Waals surface area contributed by atoms with Gasteiger partial charge in [0.25, 0.3) is 11.5 Å². The molecule has 0 unspecified atom stereocenters. The van der Waals surface area contributed by atoms with Gasteiger partial charge in [-0.3, -0.25) is 9.69 Å². The third-order valence-electron chi connectivity index (χ3n) is 4.00. The van der Waals surface area contributed by atoms with E-state index >= 15 is 0 Å². The minimum Gasteiger partial charge on any atom is -0.286 e. The molecule has 3 aromatic rings. The first kappa shape index (κ1) is 15.3. The van der Waals surface area contributed by atoms with Gasteiger partial charge in [0.15, 0.2) is 0 Å². The van der Waals surface area contributed by atoms with Gasteiger partial charge >= 0.3 is 0 Å². The zero-order chi connectivity index (χ0) is 16.9. The fraction of sp³-hybridized carbons (Fsp3) is 0.312. The first-order valence-corrected chi connectivity index (χ1v) is 8.29. The summed E-state index contributed by atoms with van der Waals surface area (Å²) in [5.74, 6) is -2.89. The first-order valence-electron chi connectivity index (χ1n) is 7.47. The Morgan fingerprint density at radius 3 is 2.96 bits per heavy atom. The lowest BCUT2D eigenvalue weighted by Crippen LogP contribution is -2.40. The van der Waals surface area contributed by atoms with E-state index in [9.17, 15) is 13.6 Å². The Bertz CT molecular complexity index is 982. The van der Waals surface area contributed by atoms with Gasteiger partial charge in [0.2, 0.25) is 4.96 Å². The quantitative estimate of drug-likeness (QED) is 0.714. The molecule has 0 saturated heterocycles. The molecule has 1 aliphatic heterocycles. The van der Waals surface area contributed by atoms with Gasteiger partial charge in [0.1, 0.15) is 5.01 Å². The van der Waals surface area contributed by atoms with Crippen LogP contribution in [0.25, 0.3) is 4.96 Å². The highest BCUT2D eigenvalue weighted by atomic mass is 32.1. The van der Waals surface area contributed by atoms with Crippen molar-refractivity contribution in [3.05, 3.63) is 62.5 Å². The van der Waals surface area contributed by atoms with Crippen molar-refractivity contribution in [2.45, 2.75) is 25.9 Å². The number of alkyl halides is 2. The molecule has 0 amide bonds. The zero-order valence-electron chi connectivity index (χ0n) is 12.9. The Hall–Kier alpha value is -2.19. The van der Waals surface area contributed by atoms with E-state index in [1.165, 1.54) is 28.0 Å². The minimum atomic E-state index is -2.89. The Morgan fingerprint density at radius 1 is 1.33 bits per heavy atom. The molecule has 0 radical (unpaired) electrons. The smallest absolute Gasteiger partial charge is 0.285 e. The third kappa shape index (κ3) is 2.61. The minimum absolute atomic E-state index is 0.0964. The fourth-order valence-electron chi connectivity index (χ4n) is 3.00. The molecule has 8 heteroatoms. The fourth-order valence-corrected chi connectivity index (χ4v) is 3.99. The van der Waals surface area contributed by atoms with Gasteiger partial charge in [0.05, 0.1) is 13.1 Å². The van der Waals surface area contributed by atoms with Gasteiger partial charge < -0.3 is 0 Å². The van der Waals surface area contributed by atoms with E-state index in [0.29, 0.717) is 27.8 Å². The van der Waals surface area contributed by atoms with Gasteiger partial charge in [0, 0.05) is 23.9 Å². The summed E-state index contributed by atoms with van der Waals surface area (Å²) in [7, 11) is 0. The van der Waals surface area contributed by atoms with E-state index in [2.05, 4.69) is 10.1 Å². The summed E-state index contributed by atoms with van der Waals surface area (Å²) in [6, 6.07) is 8.01. The van der Waals surface area contributed by atoms with E-state index < -0.39 is 5.92 Å². The van der Waals surface area contributed by atoms with Crippen LogP contribution in [0.3, 0.4) is 0 Å². The molecule has 0 N–H and O–H groups in total. The van der Waals surface area contributed by atoms with E-state index in [4.69, 9.17) is 0 Å². The van der Waals surface area contributed by atoms with E-state index in [1.54, 1.807) is 30.0 Å². The van der Waals surface area contributed by atoms with Gasteiger partial charge in [-0.1, -0.05) is 35.6 Å². The molecule has 24 heavy (non-hydrogen) atoms. The molecule has 0 atom stereocenters. The van der Waals surface area contributed by atoms with Crippen molar-refractivity contribution in [1.82, 2.24) is 19.5 Å². The monoisotopic (exact) mass is 348 g/mol. The predicted octanol–water partition coefficient (Wildman–Crippen LogP) is 2.57. The van der Waals surface area contributed by atoms with E-state index in [0.717, 1.165) is 0 Å². The molecule has 3 heterocycles. The Morgan fingerprint density at radius 2 is 2.12 bits per heavy atom. The molecule has 0 saturated carbocycles. The highest BCUT2D eigenvalue weighted by Gasteiger charge is 2.40. The maximum Gasteiger partial charge on any atom is 0.285 e. The molecule has 0 fully saturated rings. The normalized spacial score (nSPS) is 17.1. The lowest BCUT2D eigenvalue weighted by Gasteiger charge is -2.33.